The Morgan fingerprint density at radius 1 is 1.32 bits per heavy atom. The Balaban J connectivity index is 1.95. The number of aliphatic carboxylic acids is 1. The van der Waals surface area contributed by atoms with Gasteiger partial charge in [-0.25, -0.2) is 0 Å². The predicted molar refractivity (Wildman–Crippen MR) is 85.4 cm³/mol. The van der Waals surface area contributed by atoms with E-state index >= 15 is 0 Å². The van der Waals surface area contributed by atoms with E-state index in [9.17, 15) is 14.7 Å². The number of likely N-dealkylation sites (tertiary alicyclic amines) is 1. The Morgan fingerprint density at radius 2 is 2.00 bits per heavy atom. The van der Waals surface area contributed by atoms with E-state index in [-0.39, 0.29) is 17.7 Å². The summed E-state index contributed by atoms with van der Waals surface area (Å²) in [4.78, 5) is 25.8. The van der Waals surface area contributed by atoms with Crippen LogP contribution < -0.4 is 0 Å². The minimum Gasteiger partial charge on any atom is -0.481 e. The summed E-state index contributed by atoms with van der Waals surface area (Å²) in [5.41, 5.74) is 1.20. The van der Waals surface area contributed by atoms with Crippen LogP contribution in [0.15, 0.2) is 30.3 Å². The molecule has 1 aliphatic heterocycles. The molecule has 1 fully saturated rings. The lowest BCUT2D eigenvalue weighted by Gasteiger charge is -2.21. The SMILES string of the molecule is CC(C)CC(C(=O)O)C1CCN(CCc2ccccc2)C1=O. The van der Waals surface area contributed by atoms with Gasteiger partial charge >= 0.3 is 5.97 Å². The Labute approximate surface area is 132 Å². The second-order valence-corrected chi connectivity index (χ2v) is 6.53. The van der Waals surface area contributed by atoms with Crippen molar-refractivity contribution in [2.24, 2.45) is 17.8 Å². The van der Waals surface area contributed by atoms with Gasteiger partial charge < -0.3 is 10.0 Å². The molecule has 0 aliphatic carbocycles. The highest BCUT2D eigenvalue weighted by Crippen LogP contribution is 2.30. The number of rotatable bonds is 7. The molecule has 0 radical (unpaired) electrons. The van der Waals surface area contributed by atoms with E-state index in [1.54, 1.807) is 0 Å². The van der Waals surface area contributed by atoms with Crippen LogP contribution in [0, 0.1) is 17.8 Å². The first-order valence-electron chi connectivity index (χ1n) is 8.04. The van der Waals surface area contributed by atoms with Crippen molar-refractivity contribution in [3.05, 3.63) is 35.9 Å². The predicted octanol–water partition coefficient (Wildman–Crippen LogP) is 2.82. The number of hydrogen-bond acceptors (Lipinski definition) is 2. The van der Waals surface area contributed by atoms with Gasteiger partial charge in [-0.15, -0.1) is 0 Å². The highest BCUT2D eigenvalue weighted by molar-refractivity contribution is 5.86. The number of carbonyl (C=O) groups is 2. The molecule has 1 amide bonds. The van der Waals surface area contributed by atoms with Crippen LogP contribution in [0.1, 0.15) is 32.3 Å². The third kappa shape index (κ3) is 4.09. The van der Waals surface area contributed by atoms with E-state index < -0.39 is 11.9 Å². The van der Waals surface area contributed by atoms with Crippen molar-refractivity contribution in [3.63, 3.8) is 0 Å². The van der Waals surface area contributed by atoms with Crippen molar-refractivity contribution < 1.29 is 14.7 Å². The highest BCUT2D eigenvalue weighted by atomic mass is 16.4. The van der Waals surface area contributed by atoms with Crippen LogP contribution in [0.25, 0.3) is 0 Å². The first-order chi connectivity index (χ1) is 10.5. The van der Waals surface area contributed by atoms with Gasteiger partial charge in [0.2, 0.25) is 5.91 Å². The molecule has 120 valence electrons. The van der Waals surface area contributed by atoms with E-state index in [4.69, 9.17) is 0 Å². The molecule has 4 nitrogen and oxygen atoms in total. The van der Waals surface area contributed by atoms with Gasteiger partial charge in [-0.3, -0.25) is 9.59 Å². The summed E-state index contributed by atoms with van der Waals surface area (Å²) in [7, 11) is 0. The molecule has 1 aliphatic rings. The van der Waals surface area contributed by atoms with Crippen LogP contribution >= 0.6 is 0 Å². The maximum Gasteiger partial charge on any atom is 0.307 e. The summed E-state index contributed by atoms with van der Waals surface area (Å²) in [5, 5.41) is 9.42. The molecule has 0 saturated carbocycles. The number of carboxylic acid groups (broad SMARTS) is 1. The minimum atomic E-state index is -0.836. The van der Waals surface area contributed by atoms with E-state index in [0.717, 1.165) is 6.42 Å². The van der Waals surface area contributed by atoms with Crippen molar-refractivity contribution in [1.82, 2.24) is 4.90 Å². The first kappa shape index (κ1) is 16.5. The van der Waals surface area contributed by atoms with Gasteiger partial charge in [0, 0.05) is 13.1 Å². The maximum absolute atomic E-state index is 12.5. The van der Waals surface area contributed by atoms with E-state index in [2.05, 4.69) is 12.1 Å². The lowest BCUT2D eigenvalue weighted by atomic mass is 9.84. The van der Waals surface area contributed by atoms with E-state index in [1.165, 1.54) is 5.56 Å². The standard InChI is InChI=1S/C18H25NO3/c1-13(2)12-16(18(21)22)15-9-11-19(17(15)20)10-8-14-6-4-3-5-7-14/h3-7,13,15-16H,8-12H2,1-2H3,(H,21,22). The molecule has 0 spiro atoms. The number of benzene rings is 1. The number of carboxylic acids is 1. The molecule has 1 aromatic rings. The third-order valence-electron chi connectivity index (χ3n) is 4.38. The van der Waals surface area contributed by atoms with Crippen LogP contribution in [-0.2, 0) is 16.0 Å². The molecule has 1 saturated heterocycles. The Bertz CT molecular complexity index is 512. The van der Waals surface area contributed by atoms with Crippen molar-refractivity contribution in [2.75, 3.05) is 13.1 Å². The quantitative estimate of drug-likeness (QED) is 0.842. The largest absolute Gasteiger partial charge is 0.481 e. The summed E-state index contributed by atoms with van der Waals surface area (Å²) in [6.45, 7) is 5.36. The molecular formula is C18H25NO3. The number of amides is 1. The molecule has 1 heterocycles. The first-order valence-corrected chi connectivity index (χ1v) is 8.04. The molecule has 22 heavy (non-hydrogen) atoms. The minimum absolute atomic E-state index is 0.0176. The normalized spacial score (nSPS) is 19.7. The van der Waals surface area contributed by atoms with Gasteiger partial charge in [0.25, 0.3) is 0 Å². The molecule has 2 rings (SSSR count). The fraction of sp³-hybridized carbons (Fsp3) is 0.556. The Hall–Kier alpha value is -1.84. The summed E-state index contributed by atoms with van der Waals surface area (Å²) < 4.78 is 0. The number of hydrogen-bond donors (Lipinski definition) is 1. The summed E-state index contributed by atoms with van der Waals surface area (Å²) in [5.74, 6) is -1.43. The van der Waals surface area contributed by atoms with Gasteiger partial charge in [0.1, 0.15) is 0 Å². The van der Waals surface area contributed by atoms with Crippen LogP contribution in [0.3, 0.4) is 0 Å². The van der Waals surface area contributed by atoms with Crippen LogP contribution in [0.4, 0.5) is 0 Å². The molecule has 1 aromatic carbocycles. The van der Waals surface area contributed by atoms with Crippen molar-refractivity contribution in [1.29, 1.82) is 0 Å². The average molecular weight is 303 g/mol. The lowest BCUT2D eigenvalue weighted by molar-refractivity contribution is -0.148. The van der Waals surface area contributed by atoms with Gasteiger partial charge in [0.05, 0.1) is 11.8 Å². The highest BCUT2D eigenvalue weighted by Gasteiger charge is 2.40. The summed E-state index contributed by atoms with van der Waals surface area (Å²) >= 11 is 0. The van der Waals surface area contributed by atoms with Crippen molar-refractivity contribution in [2.45, 2.75) is 33.1 Å². The van der Waals surface area contributed by atoms with E-state index in [1.807, 2.05) is 36.9 Å². The Kier molecular flexibility index (Phi) is 5.58. The molecule has 1 N–H and O–H groups in total. The zero-order valence-electron chi connectivity index (χ0n) is 13.4. The zero-order valence-corrected chi connectivity index (χ0v) is 13.4. The number of nitrogens with zero attached hydrogens (tertiary/aromatic N) is 1. The molecule has 0 bridgehead atoms. The van der Waals surface area contributed by atoms with Gasteiger partial charge in [0.15, 0.2) is 0 Å². The lowest BCUT2D eigenvalue weighted by Crippen LogP contribution is -2.34. The van der Waals surface area contributed by atoms with Crippen LogP contribution in [0.2, 0.25) is 0 Å². The maximum atomic E-state index is 12.5. The average Bonchev–Trinajstić information content (AvgIpc) is 2.84. The second-order valence-electron chi connectivity index (χ2n) is 6.53. The monoisotopic (exact) mass is 303 g/mol. The zero-order chi connectivity index (χ0) is 16.1. The van der Waals surface area contributed by atoms with E-state index in [0.29, 0.717) is 25.9 Å². The molecular weight excluding hydrogens is 278 g/mol. The third-order valence-corrected chi connectivity index (χ3v) is 4.38. The molecule has 2 unspecified atom stereocenters. The molecule has 2 atom stereocenters. The second kappa shape index (κ2) is 7.43. The summed E-state index contributed by atoms with van der Waals surface area (Å²) in [6, 6.07) is 10.1. The fourth-order valence-electron chi connectivity index (χ4n) is 3.21. The van der Waals surface area contributed by atoms with Gasteiger partial charge in [-0.05, 0) is 30.7 Å². The van der Waals surface area contributed by atoms with Crippen LogP contribution in [-0.4, -0.2) is 35.0 Å². The van der Waals surface area contributed by atoms with Gasteiger partial charge in [-0.2, -0.15) is 0 Å². The smallest absolute Gasteiger partial charge is 0.307 e. The van der Waals surface area contributed by atoms with Gasteiger partial charge in [-0.1, -0.05) is 44.2 Å². The molecule has 0 aromatic heterocycles. The Morgan fingerprint density at radius 3 is 2.59 bits per heavy atom. The molecule has 4 heteroatoms. The van der Waals surface area contributed by atoms with Crippen molar-refractivity contribution in [3.8, 4) is 0 Å². The van der Waals surface area contributed by atoms with Crippen molar-refractivity contribution >= 4 is 11.9 Å². The number of carbonyl (C=O) groups excluding carboxylic acids is 1. The summed E-state index contributed by atoms with van der Waals surface area (Å²) in [6.07, 6.45) is 2.05. The fourth-order valence-corrected chi connectivity index (χ4v) is 3.21. The van der Waals surface area contributed by atoms with Crippen LogP contribution in [0.5, 0.6) is 0 Å². The topological polar surface area (TPSA) is 57.6 Å².